The van der Waals surface area contributed by atoms with Crippen LogP contribution in [-0.2, 0) is 0 Å². The van der Waals surface area contributed by atoms with Gasteiger partial charge < -0.3 is 5.32 Å². The van der Waals surface area contributed by atoms with Crippen LogP contribution in [0.5, 0.6) is 0 Å². The smallest absolute Gasteiger partial charge is 0.00693 e. The Morgan fingerprint density at radius 2 is 1.62 bits per heavy atom. The Hall–Kier alpha value is -0.0400. The molecule has 1 unspecified atom stereocenters. The van der Waals surface area contributed by atoms with Gasteiger partial charge in [0.15, 0.2) is 0 Å². The van der Waals surface area contributed by atoms with Crippen LogP contribution in [0, 0.1) is 0 Å². The van der Waals surface area contributed by atoms with Crippen LogP contribution in [0.1, 0.15) is 66.2 Å². The minimum atomic E-state index is 0.637. The van der Waals surface area contributed by atoms with E-state index in [4.69, 9.17) is 0 Å². The number of hydrogen-bond acceptors (Lipinski definition) is 1. The van der Waals surface area contributed by atoms with Crippen molar-refractivity contribution in [3.05, 3.63) is 0 Å². The first-order chi connectivity index (χ1) is 6.20. The van der Waals surface area contributed by atoms with Gasteiger partial charge >= 0.3 is 0 Å². The fraction of sp³-hybridized carbons (Fsp3) is 1.00. The second kappa shape index (κ2) is 8.55. The van der Waals surface area contributed by atoms with E-state index in [0.717, 1.165) is 6.04 Å². The number of unbranched alkanes of at least 4 members (excludes halogenated alkanes) is 2. The second-order valence-corrected chi connectivity index (χ2v) is 4.30. The summed E-state index contributed by atoms with van der Waals surface area (Å²) < 4.78 is 0. The molecule has 0 spiro atoms. The van der Waals surface area contributed by atoms with Gasteiger partial charge in [-0.25, -0.2) is 0 Å². The van der Waals surface area contributed by atoms with Crippen molar-refractivity contribution in [1.82, 2.24) is 5.32 Å². The maximum Gasteiger partial charge on any atom is 0.00693 e. The van der Waals surface area contributed by atoms with Gasteiger partial charge in [0.05, 0.1) is 0 Å². The fourth-order valence-corrected chi connectivity index (χ4v) is 1.77. The zero-order valence-corrected chi connectivity index (χ0v) is 9.90. The van der Waals surface area contributed by atoms with Crippen LogP contribution in [0.3, 0.4) is 0 Å². The molecule has 0 amide bonds. The maximum absolute atomic E-state index is 3.64. The van der Waals surface area contributed by atoms with Crippen LogP contribution >= 0.6 is 0 Å². The van der Waals surface area contributed by atoms with E-state index in [0.29, 0.717) is 6.04 Å². The molecule has 0 saturated heterocycles. The lowest BCUT2D eigenvalue weighted by Crippen LogP contribution is -2.34. The first-order valence-corrected chi connectivity index (χ1v) is 5.96. The normalized spacial score (nSPS) is 13.6. The minimum Gasteiger partial charge on any atom is -0.312 e. The van der Waals surface area contributed by atoms with Crippen LogP contribution < -0.4 is 5.32 Å². The van der Waals surface area contributed by atoms with E-state index < -0.39 is 0 Å². The number of hydrogen-bond donors (Lipinski definition) is 1. The second-order valence-electron chi connectivity index (χ2n) is 4.30. The Morgan fingerprint density at radius 1 is 0.923 bits per heavy atom. The van der Waals surface area contributed by atoms with Gasteiger partial charge in [0.1, 0.15) is 0 Å². The van der Waals surface area contributed by atoms with E-state index in [9.17, 15) is 0 Å². The van der Waals surface area contributed by atoms with Crippen LogP contribution in [0.15, 0.2) is 0 Å². The van der Waals surface area contributed by atoms with E-state index in [1.165, 1.54) is 38.5 Å². The summed E-state index contributed by atoms with van der Waals surface area (Å²) >= 11 is 0. The Bertz CT molecular complexity index is 99.3. The lowest BCUT2D eigenvalue weighted by atomic mass is 10.0. The summed E-state index contributed by atoms with van der Waals surface area (Å²) in [5.41, 5.74) is 0. The Morgan fingerprint density at radius 3 is 2.08 bits per heavy atom. The summed E-state index contributed by atoms with van der Waals surface area (Å²) in [6.07, 6.45) is 8.11. The molecule has 0 bridgehead atoms. The fourth-order valence-electron chi connectivity index (χ4n) is 1.77. The van der Waals surface area contributed by atoms with Crippen molar-refractivity contribution >= 4 is 0 Å². The molecule has 0 radical (unpaired) electrons. The molecule has 1 atom stereocenters. The molecule has 0 saturated carbocycles. The summed E-state index contributed by atoms with van der Waals surface area (Å²) in [6, 6.07) is 1.40. The largest absolute Gasteiger partial charge is 0.312 e. The standard InChI is InChI=1S/C12H27N/c1-5-7-8-10-12(9-6-2)13-11(3)4/h11-13H,5-10H2,1-4H3. The van der Waals surface area contributed by atoms with Gasteiger partial charge in [-0.3, -0.25) is 0 Å². The highest BCUT2D eigenvalue weighted by molar-refractivity contribution is 4.68. The van der Waals surface area contributed by atoms with Gasteiger partial charge in [-0.1, -0.05) is 53.4 Å². The molecule has 0 aliphatic rings. The molecule has 13 heavy (non-hydrogen) atoms. The molecule has 80 valence electrons. The van der Waals surface area contributed by atoms with Crippen molar-refractivity contribution in [3.8, 4) is 0 Å². The number of nitrogens with one attached hydrogen (secondary N) is 1. The molecule has 0 aromatic heterocycles. The monoisotopic (exact) mass is 185 g/mol. The highest BCUT2D eigenvalue weighted by atomic mass is 14.9. The van der Waals surface area contributed by atoms with Gasteiger partial charge in [-0.2, -0.15) is 0 Å². The van der Waals surface area contributed by atoms with E-state index >= 15 is 0 Å². The van der Waals surface area contributed by atoms with Crippen molar-refractivity contribution in [3.63, 3.8) is 0 Å². The van der Waals surface area contributed by atoms with Crippen molar-refractivity contribution in [1.29, 1.82) is 0 Å². The molecule has 0 fully saturated rings. The molecule has 0 rings (SSSR count). The zero-order chi connectivity index (χ0) is 10.1. The van der Waals surface area contributed by atoms with Gasteiger partial charge in [0.25, 0.3) is 0 Å². The van der Waals surface area contributed by atoms with E-state index in [-0.39, 0.29) is 0 Å². The molecule has 1 heteroatoms. The predicted octanol–water partition coefficient (Wildman–Crippen LogP) is 3.73. The Balaban J connectivity index is 3.53. The third kappa shape index (κ3) is 8.29. The average Bonchev–Trinajstić information content (AvgIpc) is 2.04. The average molecular weight is 185 g/mol. The molecular weight excluding hydrogens is 158 g/mol. The molecule has 0 aliphatic heterocycles. The van der Waals surface area contributed by atoms with E-state index in [1.54, 1.807) is 0 Å². The quantitative estimate of drug-likeness (QED) is 0.568. The Labute approximate surface area is 84.3 Å². The topological polar surface area (TPSA) is 12.0 Å². The summed E-state index contributed by atoms with van der Waals surface area (Å²) in [5, 5.41) is 3.64. The summed E-state index contributed by atoms with van der Waals surface area (Å²) in [5.74, 6) is 0. The number of rotatable bonds is 8. The van der Waals surface area contributed by atoms with Gasteiger partial charge in [-0.15, -0.1) is 0 Å². The van der Waals surface area contributed by atoms with Crippen LogP contribution in [0.4, 0.5) is 0 Å². The molecule has 0 heterocycles. The minimum absolute atomic E-state index is 0.637. The molecular formula is C12H27N. The maximum atomic E-state index is 3.64. The van der Waals surface area contributed by atoms with E-state index in [1.807, 2.05) is 0 Å². The first kappa shape index (κ1) is 13.0. The summed E-state index contributed by atoms with van der Waals surface area (Å²) in [6.45, 7) is 9.02. The molecule has 0 aromatic rings. The van der Waals surface area contributed by atoms with Gasteiger partial charge in [0, 0.05) is 12.1 Å². The molecule has 1 N–H and O–H groups in total. The Kier molecular flexibility index (Phi) is 8.53. The summed E-state index contributed by atoms with van der Waals surface area (Å²) in [4.78, 5) is 0. The molecule has 0 aliphatic carbocycles. The van der Waals surface area contributed by atoms with Crippen molar-refractivity contribution in [2.75, 3.05) is 0 Å². The first-order valence-electron chi connectivity index (χ1n) is 5.96. The van der Waals surface area contributed by atoms with Crippen LogP contribution in [0.2, 0.25) is 0 Å². The molecule has 0 aromatic carbocycles. The van der Waals surface area contributed by atoms with Crippen LogP contribution in [-0.4, -0.2) is 12.1 Å². The predicted molar refractivity (Wildman–Crippen MR) is 61.1 cm³/mol. The van der Waals surface area contributed by atoms with Gasteiger partial charge in [-0.05, 0) is 12.8 Å². The van der Waals surface area contributed by atoms with Crippen molar-refractivity contribution in [2.45, 2.75) is 78.3 Å². The zero-order valence-electron chi connectivity index (χ0n) is 9.90. The van der Waals surface area contributed by atoms with Crippen molar-refractivity contribution < 1.29 is 0 Å². The molecule has 1 nitrogen and oxygen atoms in total. The lowest BCUT2D eigenvalue weighted by molar-refractivity contribution is 0.400. The highest BCUT2D eigenvalue weighted by Crippen LogP contribution is 2.08. The third-order valence-electron chi connectivity index (χ3n) is 2.36. The highest BCUT2D eigenvalue weighted by Gasteiger charge is 2.07. The van der Waals surface area contributed by atoms with Crippen LogP contribution in [0.25, 0.3) is 0 Å². The SMILES string of the molecule is CCCCCC(CCC)NC(C)C. The van der Waals surface area contributed by atoms with E-state index in [2.05, 4.69) is 33.0 Å². The third-order valence-corrected chi connectivity index (χ3v) is 2.36. The van der Waals surface area contributed by atoms with Crippen molar-refractivity contribution in [2.24, 2.45) is 0 Å². The summed E-state index contributed by atoms with van der Waals surface area (Å²) in [7, 11) is 0. The lowest BCUT2D eigenvalue weighted by Gasteiger charge is -2.20. The van der Waals surface area contributed by atoms with Gasteiger partial charge in [0.2, 0.25) is 0 Å².